The summed E-state index contributed by atoms with van der Waals surface area (Å²) in [6, 6.07) is 11.4. The van der Waals surface area contributed by atoms with E-state index in [0.29, 0.717) is 6.04 Å². The molecule has 0 spiro atoms. The van der Waals surface area contributed by atoms with Crippen molar-refractivity contribution in [2.75, 3.05) is 7.05 Å². The molecule has 2 rings (SSSR count). The molecule has 1 aromatic rings. The van der Waals surface area contributed by atoms with Crippen LogP contribution in [0.3, 0.4) is 0 Å². The van der Waals surface area contributed by atoms with Crippen molar-refractivity contribution in [3.05, 3.63) is 34.3 Å². The van der Waals surface area contributed by atoms with Crippen LogP contribution in [0.1, 0.15) is 31.2 Å². The molecule has 2 nitrogen and oxygen atoms in total. The summed E-state index contributed by atoms with van der Waals surface area (Å²) in [4.78, 5) is 2.42. The molecule has 0 heterocycles. The zero-order chi connectivity index (χ0) is 13.0. The third-order valence-corrected chi connectivity index (χ3v) is 4.65. The van der Waals surface area contributed by atoms with Crippen LogP contribution in [0.15, 0.2) is 28.7 Å². The van der Waals surface area contributed by atoms with Gasteiger partial charge in [0.1, 0.15) is 0 Å². The molecule has 0 bridgehead atoms. The van der Waals surface area contributed by atoms with Crippen LogP contribution in [-0.4, -0.2) is 18.0 Å². The van der Waals surface area contributed by atoms with Gasteiger partial charge in [0.15, 0.2) is 0 Å². The highest BCUT2D eigenvalue weighted by Gasteiger charge is 2.23. The van der Waals surface area contributed by atoms with Crippen molar-refractivity contribution < 1.29 is 0 Å². The summed E-state index contributed by atoms with van der Waals surface area (Å²) in [5, 5.41) is 8.92. The summed E-state index contributed by atoms with van der Waals surface area (Å²) in [5.74, 6) is 0.290. The Labute approximate surface area is 118 Å². The monoisotopic (exact) mass is 306 g/mol. The van der Waals surface area contributed by atoms with E-state index in [4.69, 9.17) is 5.26 Å². The lowest BCUT2D eigenvalue weighted by atomic mass is 9.86. The predicted molar refractivity (Wildman–Crippen MR) is 77.0 cm³/mol. The normalized spacial score (nSPS) is 23.9. The summed E-state index contributed by atoms with van der Waals surface area (Å²) in [7, 11) is 2.19. The lowest BCUT2D eigenvalue weighted by molar-refractivity contribution is 0.171. The maximum Gasteiger partial charge on any atom is 0.0655 e. The van der Waals surface area contributed by atoms with E-state index in [9.17, 15) is 0 Å². The van der Waals surface area contributed by atoms with Crippen molar-refractivity contribution >= 4 is 15.9 Å². The van der Waals surface area contributed by atoms with Gasteiger partial charge >= 0.3 is 0 Å². The number of hydrogen-bond acceptors (Lipinski definition) is 2. The Balaban J connectivity index is 1.91. The molecule has 0 unspecified atom stereocenters. The Kier molecular flexibility index (Phi) is 4.79. The standard InChI is InChI=1S/C15H19BrN2/c1-18(11-13-4-2-3-5-15(13)16)14-8-6-12(10-17)7-9-14/h2-5,12,14H,6-9,11H2,1H3. The van der Waals surface area contributed by atoms with Crippen LogP contribution in [0.4, 0.5) is 0 Å². The van der Waals surface area contributed by atoms with E-state index < -0.39 is 0 Å². The molecule has 3 heteroatoms. The molecule has 0 radical (unpaired) electrons. The van der Waals surface area contributed by atoms with Gasteiger partial charge in [-0.15, -0.1) is 0 Å². The average Bonchev–Trinajstić information content (AvgIpc) is 2.41. The minimum atomic E-state index is 0.290. The molecule has 1 saturated carbocycles. The van der Waals surface area contributed by atoms with Crippen LogP contribution in [0.25, 0.3) is 0 Å². The first-order chi connectivity index (χ1) is 8.70. The number of benzene rings is 1. The second-order valence-electron chi connectivity index (χ2n) is 5.14. The van der Waals surface area contributed by atoms with Gasteiger partial charge < -0.3 is 0 Å². The highest BCUT2D eigenvalue weighted by atomic mass is 79.9. The van der Waals surface area contributed by atoms with E-state index in [1.807, 2.05) is 6.07 Å². The van der Waals surface area contributed by atoms with Crippen LogP contribution in [0, 0.1) is 17.2 Å². The van der Waals surface area contributed by atoms with Gasteiger partial charge in [0, 0.05) is 23.0 Å². The van der Waals surface area contributed by atoms with Gasteiger partial charge in [-0.05, 0) is 44.4 Å². The predicted octanol–water partition coefficient (Wildman–Crippen LogP) is 3.96. The Morgan fingerprint density at radius 1 is 1.28 bits per heavy atom. The van der Waals surface area contributed by atoms with E-state index in [0.717, 1.165) is 32.2 Å². The van der Waals surface area contributed by atoms with Crippen molar-refractivity contribution in [2.45, 2.75) is 38.3 Å². The maximum atomic E-state index is 8.92. The van der Waals surface area contributed by atoms with Crippen LogP contribution in [0.5, 0.6) is 0 Å². The van der Waals surface area contributed by atoms with Gasteiger partial charge in [-0.1, -0.05) is 34.1 Å². The van der Waals surface area contributed by atoms with Crippen LogP contribution >= 0.6 is 15.9 Å². The van der Waals surface area contributed by atoms with Gasteiger partial charge in [0.2, 0.25) is 0 Å². The van der Waals surface area contributed by atoms with E-state index in [-0.39, 0.29) is 5.92 Å². The zero-order valence-electron chi connectivity index (χ0n) is 10.8. The lowest BCUT2D eigenvalue weighted by Gasteiger charge is -2.33. The number of nitrogens with zero attached hydrogens (tertiary/aromatic N) is 2. The molecule has 0 saturated heterocycles. The molecular formula is C15H19BrN2. The van der Waals surface area contributed by atoms with Gasteiger partial charge in [-0.25, -0.2) is 0 Å². The molecule has 1 aliphatic carbocycles. The van der Waals surface area contributed by atoms with Crippen LogP contribution in [-0.2, 0) is 6.54 Å². The van der Waals surface area contributed by atoms with Crippen molar-refractivity contribution in [3.8, 4) is 6.07 Å². The van der Waals surface area contributed by atoms with Crippen molar-refractivity contribution in [3.63, 3.8) is 0 Å². The highest BCUT2D eigenvalue weighted by molar-refractivity contribution is 9.10. The lowest BCUT2D eigenvalue weighted by Crippen LogP contribution is -2.34. The third kappa shape index (κ3) is 3.34. The minimum Gasteiger partial charge on any atom is -0.299 e. The minimum absolute atomic E-state index is 0.290. The molecule has 0 N–H and O–H groups in total. The summed E-state index contributed by atoms with van der Waals surface area (Å²) in [5.41, 5.74) is 1.34. The SMILES string of the molecule is CN(Cc1ccccc1Br)C1CCC(C#N)CC1. The fourth-order valence-corrected chi connectivity index (χ4v) is 3.08. The number of rotatable bonds is 3. The Bertz CT molecular complexity index is 430. The smallest absolute Gasteiger partial charge is 0.0655 e. The van der Waals surface area contributed by atoms with Gasteiger partial charge in [0.05, 0.1) is 6.07 Å². The Morgan fingerprint density at radius 3 is 2.56 bits per heavy atom. The number of halogens is 1. The molecular weight excluding hydrogens is 288 g/mol. The molecule has 96 valence electrons. The molecule has 18 heavy (non-hydrogen) atoms. The van der Waals surface area contributed by atoms with Crippen molar-refractivity contribution in [1.82, 2.24) is 4.90 Å². The zero-order valence-corrected chi connectivity index (χ0v) is 12.4. The Hall–Kier alpha value is -0.850. The second kappa shape index (κ2) is 6.36. The van der Waals surface area contributed by atoms with E-state index in [2.05, 4.69) is 52.1 Å². The van der Waals surface area contributed by atoms with Crippen LogP contribution in [0.2, 0.25) is 0 Å². The largest absolute Gasteiger partial charge is 0.299 e. The van der Waals surface area contributed by atoms with Gasteiger partial charge in [-0.3, -0.25) is 4.90 Å². The highest BCUT2D eigenvalue weighted by Crippen LogP contribution is 2.28. The fourth-order valence-electron chi connectivity index (χ4n) is 2.67. The summed E-state index contributed by atoms with van der Waals surface area (Å²) in [6.45, 7) is 0.976. The molecule has 0 aliphatic heterocycles. The van der Waals surface area contributed by atoms with Crippen molar-refractivity contribution in [2.24, 2.45) is 5.92 Å². The molecule has 0 atom stereocenters. The fraction of sp³-hybridized carbons (Fsp3) is 0.533. The topological polar surface area (TPSA) is 27.0 Å². The van der Waals surface area contributed by atoms with Crippen LogP contribution < -0.4 is 0 Å². The quantitative estimate of drug-likeness (QED) is 0.845. The molecule has 0 aromatic heterocycles. The summed E-state index contributed by atoms with van der Waals surface area (Å²) >= 11 is 3.60. The van der Waals surface area contributed by atoms with E-state index >= 15 is 0 Å². The molecule has 1 aromatic carbocycles. The van der Waals surface area contributed by atoms with Gasteiger partial charge in [-0.2, -0.15) is 5.26 Å². The van der Waals surface area contributed by atoms with Gasteiger partial charge in [0.25, 0.3) is 0 Å². The second-order valence-corrected chi connectivity index (χ2v) is 6.00. The van der Waals surface area contributed by atoms with E-state index in [1.54, 1.807) is 0 Å². The maximum absolute atomic E-state index is 8.92. The first-order valence-corrected chi connectivity index (χ1v) is 7.33. The molecule has 0 amide bonds. The number of hydrogen-bond donors (Lipinski definition) is 0. The van der Waals surface area contributed by atoms with E-state index in [1.165, 1.54) is 10.0 Å². The first-order valence-electron chi connectivity index (χ1n) is 6.54. The molecule has 1 fully saturated rings. The summed E-state index contributed by atoms with van der Waals surface area (Å²) < 4.78 is 1.18. The first kappa shape index (κ1) is 13.6. The molecule has 1 aliphatic rings. The van der Waals surface area contributed by atoms with Crippen molar-refractivity contribution in [1.29, 1.82) is 5.26 Å². The Morgan fingerprint density at radius 2 is 1.94 bits per heavy atom. The average molecular weight is 307 g/mol. The third-order valence-electron chi connectivity index (χ3n) is 3.88. The number of nitriles is 1. The summed E-state index contributed by atoms with van der Waals surface area (Å²) in [6.07, 6.45) is 4.42.